The predicted octanol–water partition coefficient (Wildman–Crippen LogP) is 3.85. The fourth-order valence-electron chi connectivity index (χ4n) is 2.15. The van der Waals surface area contributed by atoms with Gasteiger partial charge in [0.2, 0.25) is 0 Å². The van der Waals surface area contributed by atoms with Gasteiger partial charge in [-0.05, 0) is 31.0 Å². The van der Waals surface area contributed by atoms with Crippen molar-refractivity contribution in [1.29, 1.82) is 0 Å². The molecule has 0 radical (unpaired) electrons. The first-order valence-corrected chi connectivity index (χ1v) is 7.46. The van der Waals surface area contributed by atoms with Crippen LogP contribution < -0.4 is 5.32 Å². The molecule has 2 aromatic rings. The lowest BCUT2D eigenvalue weighted by Crippen LogP contribution is -2.22. The average molecular weight is 313 g/mol. The Bertz CT molecular complexity index is 568. The Morgan fingerprint density at radius 1 is 1.30 bits per heavy atom. The van der Waals surface area contributed by atoms with Gasteiger partial charge in [0, 0.05) is 22.6 Å². The minimum atomic E-state index is 0.168. The van der Waals surface area contributed by atoms with Gasteiger partial charge in [0.05, 0.1) is 6.54 Å². The van der Waals surface area contributed by atoms with E-state index in [4.69, 9.17) is 23.2 Å². The molecule has 20 heavy (non-hydrogen) atoms. The number of aryl methyl sites for hydroxylation is 1. The van der Waals surface area contributed by atoms with Crippen LogP contribution in [0.25, 0.3) is 0 Å². The topological polar surface area (TPSA) is 42.7 Å². The number of halogens is 2. The molecule has 2 rings (SSSR count). The van der Waals surface area contributed by atoms with Gasteiger partial charge in [-0.25, -0.2) is 0 Å². The fraction of sp³-hybridized carbons (Fsp3) is 0.429. The Morgan fingerprint density at radius 2 is 2.10 bits per heavy atom. The van der Waals surface area contributed by atoms with Crippen molar-refractivity contribution in [3.8, 4) is 0 Å². The van der Waals surface area contributed by atoms with Gasteiger partial charge >= 0.3 is 0 Å². The molecule has 4 nitrogen and oxygen atoms in total. The van der Waals surface area contributed by atoms with E-state index in [1.54, 1.807) is 12.4 Å². The average Bonchev–Trinajstić information content (AvgIpc) is 2.88. The highest BCUT2D eigenvalue weighted by molar-refractivity contribution is 6.35. The fourth-order valence-corrected chi connectivity index (χ4v) is 2.69. The number of rotatable bonds is 6. The third kappa shape index (κ3) is 3.51. The number of benzene rings is 1. The van der Waals surface area contributed by atoms with E-state index in [1.165, 1.54) is 0 Å². The van der Waals surface area contributed by atoms with E-state index in [1.807, 2.05) is 16.7 Å². The molecule has 1 aromatic carbocycles. The molecule has 0 spiro atoms. The van der Waals surface area contributed by atoms with Gasteiger partial charge < -0.3 is 9.88 Å². The van der Waals surface area contributed by atoms with Crippen LogP contribution >= 0.6 is 23.2 Å². The normalized spacial score (nSPS) is 12.6. The van der Waals surface area contributed by atoms with Crippen molar-refractivity contribution in [2.75, 3.05) is 0 Å². The molecule has 6 heteroatoms. The van der Waals surface area contributed by atoms with Crippen molar-refractivity contribution in [2.24, 2.45) is 0 Å². The second-order valence-corrected chi connectivity index (χ2v) is 5.38. The first kappa shape index (κ1) is 15.3. The zero-order valence-electron chi connectivity index (χ0n) is 11.6. The molecule has 0 aliphatic rings. The van der Waals surface area contributed by atoms with E-state index in [0.717, 1.165) is 24.4 Å². The molecular formula is C14H18Cl2N4. The summed E-state index contributed by atoms with van der Waals surface area (Å²) in [5, 5.41) is 12.9. The monoisotopic (exact) mass is 312 g/mol. The Balaban J connectivity index is 2.09. The zero-order chi connectivity index (χ0) is 14.5. The molecule has 0 saturated carbocycles. The summed E-state index contributed by atoms with van der Waals surface area (Å²) in [6.45, 7) is 5.71. The molecule has 1 atom stereocenters. The van der Waals surface area contributed by atoms with Gasteiger partial charge in [-0.15, -0.1) is 10.2 Å². The maximum Gasteiger partial charge on any atom is 0.146 e. The van der Waals surface area contributed by atoms with Crippen LogP contribution in [-0.2, 0) is 13.1 Å². The Morgan fingerprint density at radius 3 is 2.75 bits per heavy atom. The smallest absolute Gasteiger partial charge is 0.146 e. The molecular weight excluding hydrogens is 295 g/mol. The van der Waals surface area contributed by atoms with Crippen LogP contribution in [0.3, 0.4) is 0 Å². The van der Waals surface area contributed by atoms with Crippen LogP contribution in [0.1, 0.15) is 37.7 Å². The number of nitrogens with zero attached hydrogens (tertiary/aromatic N) is 3. The summed E-state index contributed by atoms with van der Waals surface area (Å²) in [4.78, 5) is 0. The van der Waals surface area contributed by atoms with Crippen LogP contribution in [0, 0.1) is 0 Å². The van der Waals surface area contributed by atoms with Crippen molar-refractivity contribution in [3.63, 3.8) is 0 Å². The van der Waals surface area contributed by atoms with Crippen molar-refractivity contribution in [1.82, 2.24) is 20.1 Å². The summed E-state index contributed by atoms with van der Waals surface area (Å²) in [6.07, 6.45) is 2.68. The van der Waals surface area contributed by atoms with E-state index in [2.05, 4.69) is 29.4 Å². The molecule has 0 bridgehead atoms. The summed E-state index contributed by atoms with van der Waals surface area (Å²) in [7, 11) is 0. The molecule has 0 fully saturated rings. The molecule has 0 aliphatic carbocycles. The summed E-state index contributed by atoms with van der Waals surface area (Å²) in [5.74, 6) is 0.927. The Kier molecular flexibility index (Phi) is 5.40. The zero-order valence-corrected chi connectivity index (χ0v) is 13.1. The molecule has 1 aromatic heterocycles. The first-order chi connectivity index (χ1) is 9.65. The summed E-state index contributed by atoms with van der Waals surface area (Å²) in [5.41, 5.74) is 1.06. The van der Waals surface area contributed by atoms with Crippen molar-refractivity contribution in [3.05, 3.63) is 46.0 Å². The molecule has 0 aliphatic heterocycles. The van der Waals surface area contributed by atoms with Gasteiger partial charge in [-0.3, -0.25) is 0 Å². The quantitative estimate of drug-likeness (QED) is 0.881. The van der Waals surface area contributed by atoms with Gasteiger partial charge in [0.25, 0.3) is 0 Å². The largest absolute Gasteiger partial charge is 0.317 e. The molecule has 0 saturated heterocycles. The maximum absolute atomic E-state index is 6.26. The van der Waals surface area contributed by atoms with Gasteiger partial charge in [0.15, 0.2) is 0 Å². The minimum Gasteiger partial charge on any atom is -0.317 e. The molecule has 108 valence electrons. The molecule has 1 N–H and O–H groups in total. The maximum atomic E-state index is 6.26. The van der Waals surface area contributed by atoms with Crippen LogP contribution in [-0.4, -0.2) is 14.8 Å². The van der Waals surface area contributed by atoms with Crippen LogP contribution in [0.4, 0.5) is 0 Å². The van der Waals surface area contributed by atoms with E-state index < -0.39 is 0 Å². The lowest BCUT2D eigenvalue weighted by atomic mass is 10.0. The van der Waals surface area contributed by atoms with Crippen LogP contribution in [0.15, 0.2) is 24.5 Å². The summed E-state index contributed by atoms with van der Waals surface area (Å²) in [6, 6.07) is 5.77. The van der Waals surface area contributed by atoms with E-state index in [-0.39, 0.29) is 6.04 Å². The highest BCUT2D eigenvalue weighted by Gasteiger charge is 2.14. The van der Waals surface area contributed by atoms with E-state index in [0.29, 0.717) is 16.6 Å². The van der Waals surface area contributed by atoms with E-state index in [9.17, 15) is 0 Å². The first-order valence-electron chi connectivity index (χ1n) is 6.70. The van der Waals surface area contributed by atoms with Crippen molar-refractivity contribution >= 4 is 23.2 Å². The minimum absolute atomic E-state index is 0.168. The van der Waals surface area contributed by atoms with Crippen LogP contribution in [0.2, 0.25) is 10.0 Å². The van der Waals surface area contributed by atoms with Crippen molar-refractivity contribution in [2.45, 2.75) is 39.4 Å². The Hall–Kier alpha value is -1.10. The number of hydrogen-bond acceptors (Lipinski definition) is 3. The van der Waals surface area contributed by atoms with E-state index >= 15 is 0 Å². The third-order valence-corrected chi connectivity index (χ3v) is 3.85. The number of hydrogen-bond donors (Lipinski definition) is 1. The molecule has 1 unspecified atom stereocenters. The van der Waals surface area contributed by atoms with Gasteiger partial charge in [-0.1, -0.05) is 36.2 Å². The molecule has 1 heterocycles. The van der Waals surface area contributed by atoms with Crippen LogP contribution in [0.5, 0.6) is 0 Å². The van der Waals surface area contributed by atoms with Gasteiger partial charge in [0.1, 0.15) is 12.2 Å². The molecule has 0 amide bonds. The standard InChI is InChI=1S/C14H18Cl2N4/c1-3-13(11-6-5-10(15)7-12(11)16)17-8-14-19-18-9-20(14)4-2/h5-7,9,13,17H,3-4,8H2,1-2H3. The lowest BCUT2D eigenvalue weighted by Gasteiger charge is -2.18. The van der Waals surface area contributed by atoms with Gasteiger partial charge in [-0.2, -0.15) is 0 Å². The number of aromatic nitrogens is 3. The predicted molar refractivity (Wildman–Crippen MR) is 82.0 cm³/mol. The third-order valence-electron chi connectivity index (χ3n) is 3.29. The second-order valence-electron chi connectivity index (χ2n) is 4.54. The number of nitrogens with one attached hydrogen (secondary N) is 1. The van der Waals surface area contributed by atoms with Crippen molar-refractivity contribution < 1.29 is 0 Å². The SMILES string of the molecule is CCC(NCc1nncn1CC)c1ccc(Cl)cc1Cl. The lowest BCUT2D eigenvalue weighted by molar-refractivity contribution is 0.497. The highest BCUT2D eigenvalue weighted by Crippen LogP contribution is 2.28. The highest BCUT2D eigenvalue weighted by atomic mass is 35.5. The summed E-state index contributed by atoms with van der Waals surface area (Å²) < 4.78 is 2.02. The second kappa shape index (κ2) is 7.07. The Labute approximate surface area is 129 Å². The summed E-state index contributed by atoms with van der Waals surface area (Å²) >= 11 is 12.2.